The Bertz CT molecular complexity index is 1020. The summed E-state index contributed by atoms with van der Waals surface area (Å²) in [6, 6.07) is 8.85. The number of pyridine rings is 2. The van der Waals surface area contributed by atoms with Crippen LogP contribution in [0.1, 0.15) is 22.8 Å². The van der Waals surface area contributed by atoms with Gasteiger partial charge in [-0.1, -0.05) is 0 Å². The van der Waals surface area contributed by atoms with Crippen LogP contribution in [0.4, 0.5) is 18.9 Å². The second-order valence-electron chi connectivity index (χ2n) is 5.55. The van der Waals surface area contributed by atoms with Crippen LogP contribution in [0.3, 0.4) is 0 Å². The SMILES string of the molecule is CCn1c(=O)c(C(=O)Nc2ccc(C(F)(F)F)cc2)cc2cccnc21. The van der Waals surface area contributed by atoms with E-state index in [4.69, 9.17) is 0 Å². The standard InChI is InChI=1S/C18H14F3N3O2/c1-2-24-15-11(4-3-9-22-15)10-14(17(24)26)16(25)23-13-7-5-12(6-8-13)18(19,20)21/h3-10H,2H2,1H3,(H,23,25). The Hall–Kier alpha value is -3.16. The molecule has 0 aliphatic rings. The van der Waals surface area contributed by atoms with Gasteiger partial charge in [-0.15, -0.1) is 0 Å². The van der Waals surface area contributed by atoms with Crippen LogP contribution < -0.4 is 10.9 Å². The second-order valence-corrected chi connectivity index (χ2v) is 5.55. The van der Waals surface area contributed by atoms with Crippen molar-refractivity contribution < 1.29 is 18.0 Å². The van der Waals surface area contributed by atoms with Crippen molar-refractivity contribution >= 4 is 22.6 Å². The molecule has 1 aromatic carbocycles. The van der Waals surface area contributed by atoms with E-state index in [0.29, 0.717) is 17.6 Å². The fraction of sp³-hybridized carbons (Fsp3) is 0.167. The number of carbonyl (C=O) groups is 1. The average molecular weight is 361 g/mol. The van der Waals surface area contributed by atoms with E-state index >= 15 is 0 Å². The van der Waals surface area contributed by atoms with Crippen molar-refractivity contribution in [2.24, 2.45) is 0 Å². The van der Waals surface area contributed by atoms with Crippen molar-refractivity contribution in [3.8, 4) is 0 Å². The summed E-state index contributed by atoms with van der Waals surface area (Å²) in [5, 5.41) is 3.07. The van der Waals surface area contributed by atoms with E-state index in [1.807, 2.05) is 0 Å². The summed E-state index contributed by atoms with van der Waals surface area (Å²) in [5.41, 5.74) is -0.807. The Morgan fingerprint density at radius 3 is 2.50 bits per heavy atom. The Labute approximate surface area is 146 Å². The van der Waals surface area contributed by atoms with E-state index in [-0.39, 0.29) is 11.3 Å². The van der Waals surface area contributed by atoms with Gasteiger partial charge in [0, 0.05) is 23.8 Å². The van der Waals surface area contributed by atoms with Gasteiger partial charge in [0.05, 0.1) is 5.56 Å². The molecule has 0 spiro atoms. The van der Waals surface area contributed by atoms with Crippen LogP contribution in [0.5, 0.6) is 0 Å². The Morgan fingerprint density at radius 1 is 1.19 bits per heavy atom. The van der Waals surface area contributed by atoms with Crippen molar-refractivity contribution in [2.75, 3.05) is 5.32 Å². The first-order valence-corrected chi connectivity index (χ1v) is 7.78. The highest BCUT2D eigenvalue weighted by Crippen LogP contribution is 2.29. The third-order valence-corrected chi connectivity index (χ3v) is 3.88. The van der Waals surface area contributed by atoms with Crippen LogP contribution in [0.2, 0.25) is 0 Å². The smallest absolute Gasteiger partial charge is 0.322 e. The molecular formula is C18H14F3N3O2. The summed E-state index contributed by atoms with van der Waals surface area (Å²) in [6.07, 6.45) is -2.90. The molecule has 0 atom stereocenters. The molecule has 0 fully saturated rings. The summed E-state index contributed by atoms with van der Waals surface area (Å²) >= 11 is 0. The topological polar surface area (TPSA) is 64.0 Å². The number of aromatic nitrogens is 2. The average Bonchev–Trinajstić information content (AvgIpc) is 2.61. The molecule has 26 heavy (non-hydrogen) atoms. The third kappa shape index (κ3) is 3.30. The van der Waals surface area contributed by atoms with Crippen LogP contribution in [0, 0.1) is 0 Å². The summed E-state index contributed by atoms with van der Waals surface area (Å²) < 4.78 is 39.2. The molecule has 1 N–H and O–H groups in total. The second kappa shape index (κ2) is 6.62. The first-order chi connectivity index (χ1) is 12.3. The highest BCUT2D eigenvalue weighted by Gasteiger charge is 2.30. The molecule has 3 rings (SSSR count). The minimum absolute atomic E-state index is 0.104. The van der Waals surface area contributed by atoms with Crippen LogP contribution in [0.15, 0.2) is 53.5 Å². The molecule has 0 saturated heterocycles. The van der Waals surface area contributed by atoms with Gasteiger partial charge in [-0.05, 0) is 49.4 Å². The Balaban J connectivity index is 1.95. The highest BCUT2D eigenvalue weighted by molar-refractivity contribution is 6.05. The molecule has 3 aromatic rings. The molecule has 0 unspecified atom stereocenters. The number of nitrogens with zero attached hydrogens (tertiary/aromatic N) is 2. The maximum Gasteiger partial charge on any atom is 0.416 e. The summed E-state index contributed by atoms with van der Waals surface area (Å²) in [4.78, 5) is 29.2. The number of benzene rings is 1. The summed E-state index contributed by atoms with van der Waals surface area (Å²) in [7, 11) is 0. The first kappa shape index (κ1) is 17.7. The van der Waals surface area contributed by atoms with Crippen molar-refractivity contribution in [3.05, 3.63) is 70.1 Å². The molecule has 5 nitrogen and oxygen atoms in total. The van der Waals surface area contributed by atoms with Gasteiger partial charge in [0.1, 0.15) is 11.2 Å². The zero-order valence-corrected chi connectivity index (χ0v) is 13.7. The van der Waals surface area contributed by atoms with E-state index in [0.717, 1.165) is 24.3 Å². The minimum Gasteiger partial charge on any atom is -0.322 e. The van der Waals surface area contributed by atoms with Gasteiger partial charge in [0.2, 0.25) is 0 Å². The van der Waals surface area contributed by atoms with E-state index in [1.54, 1.807) is 25.3 Å². The molecule has 2 heterocycles. The van der Waals surface area contributed by atoms with Gasteiger partial charge in [-0.3, -0.25) is 14.2 Å². The van der Waals surface area contributed by atoms with Crippen molar-refractivity contribution in [1.82, 2.24) is 9.55 Å². The monoisotopic (exact) mass is 361 g/mol. The molecule has 0 aliphatic carbocycles. The molecule has 0 radical (unpaired) electrons. The molecule has 134 valence electrons. The molecule has 1 amide bonds. The highest BCUT2D eigenvalue weighted by atomic mass is 19.4. The lowest BCUT2D eigenvalue weighted by Crippen LogP contribution is -2.29. The number of alkyl halides is 3. The maximum absolute atomic E-state index is 12.6. The fourth-order valence-corrected chi connectivity index (χ4v) is 2.60. The normalized spacial score (nSPS) is 11.5. The molecule has 0 saturated carbocycles. The zero-order chi connectivity index (χ0) is 18.9. The lowest BCUT2D eigenvalue weighted by Gasteiger charge is -2.11. The van der Waals surface area contributed by atoms with Crippen LogP contribution >= 0.6 is 0 Å². The quantitative estimate of drug-likeness (QED) is 0.774. The van der Waals surface area contributed by atoms with Gasteiger partial charge in [0.25, 0.3) is 11.5 Å². The van der Waals surface area contributed by atoms with Gasteiger partial charge in [-0.25, -0.2) is 4.98 Å². The number of carbonyl (C=O) groups excluding carboxylic acids is 1. The number of halogens is 3. The van der Waals surface area contributed by atoms with Crippen molar-refractivity contribution in [2.45, 2.75) is 19.6 Å². The summed E-state index contributed by atoms with van der Waals surface area (Å²) in [6.45, 7) is 2.08. The largest absolute Gasteiger partial charge is 0.416 e. The van der Waals surface area contributed by atoms with E-state index in [9.17, 15) is 22.8 Å². The molecule has 0 bridgehead atoms. The number of rotatable bonds is 3. The van der Waals surface area contributed by atoms with Crippen molar-refractivity contribution in [1.29, 1.82) is 0 Å². The lowest BCUT2D eigenvalue weighted by atomic mass is 10.1. The predicted octanol–water partition coefficient (Wildman–Crippen LogP) is 3.69. The minimum atomic E-state index is -4.46. The third-order valence-electron chi connectivity index (χ3n) is 3.88. The lowest BCUT2D eigenvalue weighted by molar-refractivity contribution is -0.137. The van der Waals surface area contributed by atoms with E-state index in [1.165, 1.54) is 10.6 Å². The first-order valence-electron chi connectivity index (χ1n) is 7.78. The number of nitrogens with one attached hydrogen (secondary N) is 1. The number of anilines is 1. The molecule has 2 aromatic heterocycles. The van der Waals surface area contributed by atoms with Gasteiger partial charge in [0.15, 0.2) is 0 Å². The number of hydrogen-bond acceptors (Lipinski definition) is 3. The number of aryl methyl sites for hydroxylation is 1. The Kier molecular flexibility index (Phi) is 4.50. The molecule has 8 heteroatoms. The van der Waals surface area contributed by atoms with Crippen molar-refractivity contribution in [3.63, 3.8) is 0 Å². The number of hydrogen-bond donors (Lipinski definition) is 1. The van der Waals surface area contributed by atoms with E-state index in [2.05, 4.69) is 10.3 Å². The summed E-state index contributed by atoms with van der Waals surface area (Å²) in [5.74, 6) is -0.692. The van der Waals surface area contributed by atoms with Gasteiger partial charge < -0.3 is 5.32 Å². The van der Waals surface area contributed by atoms with Crippen LogP contribution in [-0.4, -0.2) is 15.5 Å². The molecular weight excluding hydrogens is 347 g/mol. The van der Waals surface area contributed by atoms with E-state index < -0.39 is 23.2 Å². The fourth-order valence-electron chi connectivity index (χ4n) is 2.60. The van der Waals surface area contributed by atoms with Crippen LogP contribution in [-0.2, 0) is 12.7 Å². The predicted molar refractivity (Wildman–Crippen MR) is 91.1 cm³/mol. The van der Waals surface area contributed by atoms with Crippen LogP contribution in [0.25, 0.3) is 11.0 Å². The Morgan fingerprint density at radius 2 is 1.88 bits per heavy atom. The zero-order valence-electron chi connectivity index (χ0n) is 13.7. The van der Waals surface area contributed by atoms with Gasteiger partial charge >= 0.3 is 6.18 Å². The maximum atomic E-state index is 12.6. The number of amides is 1. The van der Waals surface area contributed by atoms with Gasteiger partial charge in [-0.2, -0.15) is 13.2 Å². The molecule has 0 aliphatic heterocycles. The number of fused-ring (bicyclic) bond motifs is 1.